The van der Waals surface area contributed by atoms with Crippen LogP contribution in [0, 0.1) is 5.95 Å². The standard InChI is InChI=1S/C24H19ClF4N6O2S/c1-4-30-17(14-5-6-31-19(26)8-14)7-12(2)21(36)34-13(3)23-33-11-18(38-23)22(37)35-20-9-15(24(27,28)29)16(25)10-32-20/h4-11,13H,1H2,2-3H3,(H,34,36)(H,32,35,37)/b12-7+,30-17?. The topological polar surface area (TPSA) is 109 Å². The first kappa shape index (κ1) is 28.6. The van der Waals surface area contributed by atoms with Gasteiger partial charge in [0.25, 0.3) is 5.91 Å². The van der Waals surface area contributed by atoms with Gasteiger partial charge in [-0.15, -0.1) is 11.3 Å². The molecule has 3 aromatic heterocycles. The Kier molecular flexibility index (Phi) is 9.07. The van der Waals surface area contributed by atoms with Gasteiger partial charge in [0.15, 0.2) is 0 Å². The van der Waals surface area contributed by atoms with E-state index < -0.39 is 40.6 Å². The van der Waals surface area contributed by atoms with Crippen LogP contribution in [0.4, 0.5) is 23.4 Å². The van der Waals surface area contributed by atoms with Gasteiger partial charge in [0.2, 0.25) is 11.9 Å². The van der Waals surface area contributed by atoms with Gasteiger partial charge in [-0.2, -0.15) is 17.6 Å². The number of alkyl halides is 3. The highest BCUT2D eigenvalue weighted by Crippen LogP contribution is 2.35. The minimum Gasteiger partial charge on any atom is -0.343 e. The highest BCUT2D eigenvalue weighted by Gasteiger charge is 2.34. The van der Waals surface area contributed by atoms with Gasteiger partial charge < -0.3 is 10.6 Å². The van der Waals surface area contributed by atoms with Crippen LogP contribution in [0.5, 0.6) is 0 Å². The summed E-state index contributed by atoms with van der Waals surface area (Å²) in [6.45, 7) is 6.70. The van der Waals surface area contributed by atoms with Crippen molar-refractivity contribution in [3.05, 3.63) is 93.2 Å². The monoisotopic (exact) mass is 566 g/mol. The van der Waals surface area contributed by atoms with Crippen LogP contribution in [0.15, 0.2) is 66.2 Å². The summed E-state index contributed by atoms with van der Waals surface area (Å²) in [5, 5.41) is 4.77. The molecule has 0 aliphatic heterocycles. The molecule has 0 aliphatic carbocycles. The van der Waals surface area contributed by atoms with E-state index in [-0.39, 0.29) is 16.3 Å². The second kappa shape index (κ2) is 12.0. The Balaban J connectivity index is 1.69. The number of hydrogen-bond donors (Lipinski definition) is 2. The molecule has 0 radical (unpaired) electrons. The van der Waals surface area contributed by atoms with Gasteiger partial charge in [-0.25, -0.2) is 15.0 Å². The molecule has 1 unspecified atom stereocenters. The van der Waals surface area contributed by atoms with Crippen LogP contribution in [0.1, 0.15) is 45.7 Å². The summed E-state index contributed by atoms with van der Waals surface area (Å²) in [7, 11) is 0. The molecular formula is C24H19ClF4N6O2S. The predicted molar refractivity (Wildman–Crippen MR) is 136 cm³/mol. The second-order valence-corrected chi connectivity index (χ2v) is 9.12. The first-order valence-electron chi connectivity index (χ1n) is 10.7. The number of nitrogens with zero attached hydrogens (tertiary/aromatic N) is 4. The summed E-state index contributed by atoms with van der Waals surface area (Å²) in [5.41, 5.74) is -0.201. The summed E-state index contributed by atoms with van der Waals surface area (Å²) in [6, 6.07) is 2.70. The number of pyridine rings is 2. The molecule has 0 fully saturated rings. The number of allylic oxidation sites excluding steroid dienone is 1. The number of amides is 2. The fourth-order valence-corrected chi connectivity index (χ4v) is 4.02. The molecule has 2 N–H and O–H groups in total. The maximum Gasteiger partial charge on any atom is 0.418 e. The van der Waals surface area contributed by atoms with Crippen molar-refractivity contribution in [2.24, 2.45) is 4.99 Å². The second-order valence-electron chi connectivity index (χ2n) is 7.65. The van der Waals surface area contributed by atoms with Crippen molar-refractivity contribution in [2.45, 2.75) is 26.1 Å². The largest absolute Gasteiger partial charge is 0.418 e. The Hall–Kier alpha value is -3.97. The number of aromatic nitrogens is 3. The van der Waals surface area contributed by atoms with E-state index >= 15 is 0 Å². The summed E-state index contributed by atoms with van der Waals surface area (Å²) in [4.78, 5) is 40.7. The zero-order valence-electron chi connectivity index (χ0n) is 19.8. The number of halogens is 5. The van der Waals surface area contributed by atoms with Crippen molar-refractivity contribution in [3.8, 4) is 0 Å². The van der Waals surface area contributed by atoms with E-state index in [2.05, 4.69) is 37.2 Å². The molecule has 2 amide bonds. The fraction of sp³-hybridized carbons (Fsp3) is 0.167. The molecular weight excluding hydrogens is 548 g/mol. The van der Waals surface area contributed by atoms with Crippen LogP contribution < -0.4 is 10.6 Å². The van der Waals surface area contributed by atoms with E-state index in [4.69, 9.17) is 11.6 Å². The van der Waals surface area contributed by atoms with E-state index in [1.54, 1.807) is 6.92 Å². The van der Waals surface area contributed by atoms with Crippen molar-refractivity contribution in [2.75, 3.05) is 5.32 Å². The van der Waals surface area contributed by atoms with Crippen LogP contribution in [-0.4, -0.2) is 32.5 Å². The number of rotatable bonds is 8. The van der Waals surface area contributed by atoms with E-state index in [0.717, 1.165) is 23.6 Å². The predicted octanol–water partition coefficient (Wildman–Crippen LogP) is 5.75. The Bertz CT molecular complexity index is 1440. The van der Waals surface area contributed by atoms with Gasteiger partial charge in [0, 0.05) is 35.8 Å². The van der Waals surface area contributed by atoms with Crippen molar-refractivity contribution in [1.82, 2.24) is 20.3 Å². The van der Waals surface area contributed by atoms with Crippen LogP contribution in [0.25, 0.3) is 0 Å². The van der Waals surface area contributed by atoms with Crippen molar-refractivity contribution >= 4 is 46.3 Å². The van der Waals surface area contributed by atoms with Crippen molar-refractivity contribution < 1.29 is 27.2 Å². The minimum atomic E-state index is -4.72. The average molecular weight is 567 g/mol. The molecule has 14 heteroatoms. The minimum absolute atomic E-state index is 0.0822. The molecule has 0 spiro atoms. The molecule has 198 valence electrons. The van der Waals surface area contributed by atoms with Gasteiger partial charge in [-0.05, 0) is 32.1 Å². The van der Waals surface area contributed by atoms with Crippen molar-refractivity contribution in [3.63, 3.8) is 0 Å². The molecule has 3 heterocycles. The quantitative estimate of drug-likeness (QED) is 0.156. The Morgan fingerprint density at radius 3 is 2.61 bits per heavy atom. The van der Waals surface area contributed by atoms with Crippen LogP contribution in [0.3, 0.4) is 0 Å². The lowest BCUT2D eigenvalue weighted by Gasteiger charge is -2.12. The number of hydrogen-bond acceptors (Lipinski definition) is 7. The van der Waals surface area contributed by atoms with Gasteiger partial charge >= 0.3 is 6.18 Å². The lowest BCUT2D eigenvalue weighted by atomic mass is 10.1. The molecule has 38 heavy (non-hydrogen) atoms. The number of carbonyl (C=O) groups excluding carboxylic acids is 2. The number of aliphatic imine (C=N–C) groups is 1. The van der Waals surface area contributed by atoms with Gasteiger partial charge in [0.1, 0.15) is 15.7 Å². The summed E-state index contributed by atoms with van der Waals surface area (Å²) in [5.74, 6) is -2.26. The van der Waals surface area contributed by atoms with Gasteiger partial charge in [-0.1, -0.05) is 18.2 Å². The average Bonchev–Trinajstić information content (AvgIpc) is 3.35. The molecule has 3 aromatic rings. The zero-order valence-corrected chi connectivity index (χ0v) is 21.4. The van der Waals surface area contributed by atoms with E-state index in [1.165, 1.54) is 37.7 Å². The number of carbonyl (C=O) groups is 2. The normalized spacial score (nSPS) is 13.1. The SMILES string of the molecule is C=CN=C(/C=C(\C)C(=O)NC(C)c1ncc(C(=O)Nc2cc(C(F)(F)F)c(Cl)cn2)s1)c1ccnc(F)c1. The number of nitrogens with one attached hydrogen (secondary N) is 2. The van der Waals surface area contributed by atoms with Crippen LogP contribution >= 0.6 is 22.9 Å². The molecule has 0 saturated carbocycles. The molecule has 0 aromatic carbocycles. The maximum atomic E-state index is 13.5. The lowest BCUT2D eigenvalue weighted by molar-refractivity contribution is -0.137. The molecule has 0 bridgehead atoms. The highest BCUT2D eigenvalue weighted by molar-refractivity contribution is 7.13. The third-order valence-corrected chi connectivity index (χ3v) is 6.31. The molecule has 8 nitrogen and oxygen atoms in total. The van der Waals surface area contributed by atoms with E-state index in [9.17, 15) is 27.2 Å². The molecule has 1 atom stereocenters. The Labute approximate surface area is 223 Å². The van der Waals surface area contributed by atoms with Crippen LogP contribution in [-0.2, 0) is 11.0 Å². The molecule has 0 aliphatic rings. The van der Waals surface area contributed by atoms with Gasteiger partial charge in [-0.3, -0.25) is 14.6 Å². The Morgan fingerprint density at radius 1 is 1.21 bits per heavy atom. The summed E-state index contributed by atoms with van der Waals surface area (Å²) in [6.07, 6.45) is 1.28. The summed E-state index contributed by atoms with van der Waals surface area (Å²) < 4.78 is 52.7. The lowest BCUT2D eigenvalue weighted by Crippen LogP contribution is -2.27. The van der Waals surface area contributed by atoms with E-state index in [1.807, 2.05) is 0 Å². The van der Waals surface area contributed by atoms with Gasteiger partial charge in [0.05, 0.1) is 28.5 Å². The first-order chi connectivity index (χ1) is 17.9. The van der Waals surface area contributed by atoms with E-state index in [0.29, 0.717) is 22.3 Å². The number of anilines is 1. The highest BCUT2D eigenvalue weighted by atomic mass is 35.5. The third-order valence-electron chi connectivity index (χ3n) is 4.83. The zero-order chi connectivity index (χ0) is 28.0. The number of thiazole rings is 1. The molecule has 3 rings (SSSR count). The maximum absolute atomic E-state index is 13.5. The van der Waals surface area contributed by atoms with Crippen molar-refractivity contribution in [1.29, 1.82) is 0 Å². The smallest absolute Gasteiger partial charge is 0.343 e. The molecule has 0 saturated heterocycles. The summed E-state index contributed by atoms with van der Waals surface area (Å²) >= 11 is 6.48. The first-order valence-corrected chi connectivity index (χ1v) is 11.9. The van der Waals surface area contributed by atoms with Crippen LogP contribution in [0.2, 0.25) is 5.02 Å². The Morgan fingerprint density at radius 2 is 1.95 bits per heavy atom. The fourth-order valence-electron chi connectivity index (χ4n) is 2.99. The third kappa shape index (κ3) is 7.29.